The zero-order valence-electron chi connectivity index (χ0n) is 12.3. The normalized spacial score (nSPS) is 12.9. The Bertz CT molecular complexity index is 354. The fourth-order valence-corrected chi connectivity index (χ4v) is 1.89. The molecule has 1 aromatic rings. The van der Waals surface area contributed by atoms with Crippen molar-refractivity contribution in [2.24, 2.45) is 5.92 Å². The lowest BCUT2D eigenvalue weighted by atomic mass is 10.0. The van der Waals surface area contributed by atoms with E-state index in [-0.39, 0.29) is 0 Å². The SMILES string of the molecule is CC(C)C(CNc1nccc(N(C)C)n1)N(C)C. The number of aromatic nitrogens is 2. The molecule has 0 aliphatic carbocycles. The van der Waals surface area contributed by atoms with Gasteiger partial charge in [0.25, 0.3) is 0 Å². The van der Waals surface area contributed by atoms with Crippen LogP contribution in [0.1, 0.15) is 13.8 Å². The van der Waals surface area contributed by atoms with Crippen molar-refractivity contribution < 1.29 is 0 Å². The molecule has 0 bridgehead atoms. The van der Waals surface area contributed by atoms with Crippen LogP contribution >= 0.6 is 0 Å². The topological polar surface area (TPSA) is 44.3 Å². The second kappa shape index (κ2) is 6.54. The van der Waals surface area contributed by atoms with Crippen LogP contribution < -0.4 is 10.2 Å². The van der Waals surface area contributed by atoms with Crippen LogP contribution in [-0.4, -0.2) is 55.6 Å². The predicted octanol–water partition coefficient (Wildman–Crippen LogP) is 1.54. The Morgan fingerprint density at radius 3 is 2.39 bits per heavy atom. The average molecular weight is 251 g/mol. The van der Waals surface area contributed by atoms with Crippen molar-refractivity contribution in [3.8, 4) is 0 Å². The highest BCUT2D eigenvalue weighted by atomic mass is 15.2. The smallest absolute Gasteiger partial charge is 0.224 e. The third kappa shape index (κ3) is 4.14. The molecule has 0 aromatic carbocycles. The molecule has 1 N–H and O–H groups in total. The highest BCUT2D eigenvalue weighted by molar-refractivity contribution is 5.40. The van der Waals surface area contributed by atoms with Gasteiger partial charge in [-0.25, -0.2) is 4.98 Å². The van der Waals surface area contributed by atoms with Gasteiger partial charge in [-0.05, 0) is 26.1 Å². The summed E-state index contributed by atoms with van der Waals surface area (Å²) in [5.41, 5.74) is 0. The molecule has 18 heavy (non-hydrogen) atoms. The standard InChI is InChI=1S/C13H25N5/c1-10(2)11(17(3)4)9-15-13-14-8-7-12(16-13)18(5)6/h7-8,10-11H,9H2,1-6H3,(H,14,15,16). The molecule has 0 amide bonds. The van der Waals surface area contributed by atoms with E-state index in [0.717, 1.165) is 12.4 Å². The lowest BCUT2D eigenvalue weighted by Gasteiger charge is -2.28. The van der Waals surface area contributed by atoms with Gasteiger partial charge < -0.3 is 15.1 Å². The van der Waals surface area contributed by atoms with E-state index >= 15 is 0 Å². The molecule has 1 aromatic heterocycles. The van der Waals surface area contributed by atoms with Gasteiger partial charge in [0, 0.05) is 32.9 Å². The van der Waals surface area contributed by atoms with Crippen LogP contribution in [0, 0.1) is 5.92 Å². The first-order valence-corrected chi connectivity index (χ1v) is 6.32. The number of anilines is 2. The van der Waals surface area contributed by atoms with Crippen molar-refractivity contribution in [1.82, 2.24) is 14.9 Å². The van der Waals surface area contributed by atoms with Crippen molar-refractivity contribution >= 4 is 11.8 Å². The van der Waals surface area contributed by atoms with Gasteiger partial charge in [0.2, 0.25) is 5.95 Å². The third-order valence-electron chi connectivity index (χ3n) is 3.00. The van der Waals surface area contributed by atoms with E-state index in [0.29, 0.717) is 17.9 Å². The highest BCUT2D eigenvalue weighted by Crippen LogP contribution is 2.11. The molecular formula is C13H25N5. The molecule has 102 valence electrons. The van der Waals surface area contributed by atoms with Crippen molar-refractivity contribution in [1.29, 1.82) is 0 Å². The number of hydrogen-bond donors (Lipinski definition) is 1. The number of nitrogens with zero attached hydrogens (tertiary/aromatic N) is 4. The van der Waals surface area contributed by atoms with Crippen LogP contribution in [0.5, 0.6) is 0 Å². The molecule has 0 radical (unpaired) electrons. The molecule has 0 aliphatic heterocycles. The second-order valence-electron chi connectivity index (χ2n) is 5.29. The van der Waals surface area contributed by atoms with Gasteiger partial charge in [0.05, 0.1) is 0 Å². The maximum atomic E-state index is 4.45. The molecule has 1 heterocycles. The van der Waals surface area contributed by atoms with E-state index < -0.39 is 0 Å². The van der Waals surface area contributed by atoms with Gasteiger partial charge in [-0.3, -0.25) is 0 Å². The van der Waals surface area contributed by atoms with Gasteiger partial charge in [0.15, 0.2) is 0 Å². The molecule has 0 fully saturated rings. The second-order valence-corrected chi connectivity index (χ2v) is 5.29. The van der Waals surface area contributed by atoms with Crippen LogP contribution in [0.15, 0.2) is 12.3 Å². The summed E-state index contributed by atoms with van der Waals surface area (Å²) in [7, 11) is 8.15. The minimum atomic E-state index is 0.469. The first-order chi connectivity index (χ1) is 8.41. The van der Waals surface area contributed by atoms with Crippen LogP contribution in [-0.2, 0) is 0 Å². The maximum absolute atomic E-state index is 4.45. The first-order valence-electron chi connectivity index (χ1n) is 6.32. The zero-order chi connectivity index (χ0) is 13.7. The monoisotopic (exact) mass is 251 g/mol. The lowest BCUT2D eigenvalue weighted by Crippen LogP contribution is -2.39. The van der Waals surface area contributed by atoms with Gasteiger partial charge in [0.1, 0.15) is 5.82 Å². The fraction of sp³-hybridized carbons (Fsp3) is 0.692. The summed E-state index contributed by atoms with van der Waals surface area (Å²) in [6.45, 7) is 5.30. The highest BCUT2D eigenvalue weighted by Gasteiger charge is 2.15. The molecule has 0 saturated carbocycles. The lowest BCUT2D eigenvalue weighted by molar-refractivity contribution is 0.243. The van der Waals surface area contributed by atoms with Crippen LogP contribution in [0.3, 0.4) is 0 Å². The molecule has 0 aliphatic rings. The predicted molar refractivity (Wildman–Crippen MR) is 77.2 cm³/mol. The third-order valence-corrected chi connectivity index (χ3v) is 3.00. The van der Waals surface area contributed by atoms with E-state index in [9.17, 15) is 0 Å². The number of nitrogens with one attached hydrogen (secondary N) is 1. The Labute approximate surface area is 110 Å². The summed E-state index contributed by atoms with van der Waals surface area (Å²) < 4.78 is 0. The molecular weight excluding hydrogens is 226 g/mol. The van der Waals surface area contributed by atoms with Gasteiger partial charge in [-0.1, -0.05) is 13.8 Å². The number of rotatable bonds is 6. The van der Waals surface area contributed by atoms with Crippen LogP contribution in [0.2, 0.25) is 0 Å². The van der Waals surface area contributed by atoms with Gasteiger partial charge in [-0.15, -0.1) is 0 Å². The molecule has 1 unspecified atom stereocenters. The summed E-state index contributed by atoms with van der Waals surface area (Å²) in [5, 5.41) is 3.31. The Hall–Kier alpha value is -1.36. The molecule has 1 atom stereocenters. The molecule has 0 saturated heterocycles. The van der Waals surface area contributed by atoms with E-state index in [4.69, 9.17) is 0 Å². The Balaban J connectivity index is 2.65. The number of hydrogen-bond acceptors (Lipinski definition) is 5. The average Bonchev–Trinajstić information content (AvgIpc) is 2.28. The molecule has 5 nitrogen and oxygen atoms in total. The van der Waals surface area contributed by atoms with Crippen molar-refractivity contribution in [3.05, 3.63) is 12.3 Å². The first kappa shape index (κ1) is 14.7. The minimum Gasteiger partial charge on any atom is -0.363 e. The largest absolute Gasteiger partial charge is 0.363 e. The van der Waals surface area contributed by atoms with Crippen LogP contribution in [0.4, 0.5) is 11.8 Å². The summed E-state index contributed by atoms with van der Waals surface area (Å²) in [5.74, 6) is 2.19. The summed E-state index contributed by atoms with van der Waals surface area (Å²) in [4.78, 5) is 12.9. The van der Waals surface area contributed by atoms with E-state index in [2.05, 4.69) is 48.1 Å². The molecule has 1 rings (SSSR count). The zero-order valence-corrected chi connectivity index (χ0v) is 12.3. The minimum absolute atomic E-state index is 0.469. The van der Waals surface area contributed by atoms with Crippen LogP contribution in [0.25, 0.3) is 0 Å². The summed E-state index contributed by atoms with van der Waals surface area (Å²) >= 11 is 0. The molecule has 5 heteroatoms. The summed E-state index contributed by atoms with van der Waals surface area (Å²) in [6.07, 6.45) is 1.78. The maximum Gasteiger partial charge on any atom is 0.224 e. The van der Waals surface area contributed by atoms with Gasteiger partial charge in [-0.2, -0.15) is 4.98 Å². The number of likely N-dealkylation sites (N-methyl/N-ethyl adjacent to an activating group) is 1. The van der Waals surface area contributed by atoms with Gasteiger partial charge >= 0.3 is 0 Å². The summed E-state index contributed by atoms with van der Waals surface area (Å²) in [6, 6.07) is 2.37. The Morgan fingerprint density at radius 2 is 1.89 bits per heavy atom. The fourth-order valence-electron chi connectivity index (χ4n) is 1.89. The Morgan fingerprint density at radius 1 is 1.22 bits per heavy atom. The van der Waals surface area contributed by atoms with E-state index in [1.807, 2.05) is 25.1 Å². The van der Waals surface area contributed by atoms with E-state index in [1.54, 1.807) is 6.20 Å². The van der Waals surface area contributed by atoms with Crippen molar-refractivity contribution in [2.45, 2.75) is 19.9 Å². The van der Waals surface area contributed by atoms with E-state index in [1.165, 1.54) is 0 Å². The quantitative estimate of drug-likeness (QED) is 0.831. The molecule has 0 spiro atoms. The van der Waals surface area contributed by atoms with Crippen molar-refractivity contribution in [3.63, 3.8) is 0 Å². The van der Waals surface area contributed by atoms with Crippen molar-refractivity contribution in [2.75, 3.05) is 45.0 Å². The Kier molecular flexibility index (Phi) is 5.34.